The van der Waals surface area contributed by atoms with Gasteiger partial charge in [0.15, 0.2) is 5.72 Å². The van der Waals surface area contributed by atoms with Crippen LogP contribution in [-0.4, -0.2) is 78.7 Å². The second kappa shape index (κ2) is 5.71. The number of fused-ring (bicyclic) bond motifs is 4. The van der Waals surface area contributed by atoms with E-state index in [1.807, 2.05) is 0 Å². The molecule has 4 aliphatic rings. The molecule has 0 saturated carbocycles. The molecule has 0 aromatic rings. The fourth-order valence-corrected chi connectivity index (χ4v) is 4.83. The molecular formula is C17H20N4O7. The van der Waals surface area contributed by atoms with Crippen molar-refractivity contribution in [2.24, 2.45) is 17.4 Å². The Bertz CT molecular complexity index is 894. The molecule has 4 rings (SSSR count). The van der Waals surface area contributed by atoms with Gasteiger partial charge in [-0.1, -0.05) is 0 Å². The molecule has 0 aromatic heterocycles. The van der Waals surface area contributed by atoms with Crippen LogP contribution in [0.25, 0.3) is 0 Å². The number of rotatable bonds is 3. The molecule has 0 radical (unpaired) electrons. The van der Waals surface area contributed by atoms with E-state index in [9.17, 15) is 19.2 Å². The van der Waals surface area contributed by atoms with Gasteiger partial charge >= 0.3 is 12.2 Å². The number of amides is 2. The summed E-state index contributed by atoms with van der Waals surface area (Å²) in [6.45, 7) is 1.45. The van der Waals surface area contributed by atoms with E-state index < -0.39 is 35.7 Å². The average molecular weight is 392 g/mol. The number of ether oxygens (including phenoxy) is 3. The molecule has 1 aliphatic carbocycles. The molecule has 4 N–H and O–H groups in total. The summed E-state index contributed by atoms with van der Waals surface area (Å²) in [5.74, 6) is -1.76. The number of piperazine rings is 1. The summed E-state index contributed by atoms with van der Waals surface area (Å²) in [6, 6.07) is -0.747. The maximum Gasteiger partial charge on any atom is 0.410 e. The molecule has 2 unspecified atom stereocenters. The van der Waals surface area contributed by atoms with Gasteiger partial charge in [-0.2, -0.15) is 0 Å². The lowest BCUT2D eigenvalue weighted by molar-refractivity contribution is -0.144. The topological polar surface area (TPSA) is 154 Å². The number of Topliss-reactive ketones (excluding diaryl/α,β-unsaturated/α-hetero) is 2. The Balaban J connectivity index is 1.82. The largest absolute Gasteiger partial charge is 0.453 e. The Morgan fingerprint density at radius 1 is 1.25 bits per heavy atom. The van der Waals surface area contributed by atoms with Crippen molar-refractivity contribution in [1.29, 1.82) is 0 Å². The van der Waals surface area contributed by atoms with E-state index in [1.165, 1.54) is 26.0 Å². The summed E-state index contributed by atoms with van der Waals surface area (Å²) in [7, 11) is 2.68. The minimum absolute atomic E-state index is 0.117. The number of hydrogen-bond acceptors (Lipinski definition) is 9. The summed E-state index contributed by atoms with van der Waals surface area (Å²) in [6.07, 6.45) is -1.58. The standard InChI is InChI=1S/C17H20N4O7/c1-6-10(18)13(23)9-7(5-28-15(19)24)17(27-3)14-8(21(14)16(25)26-2)4-20(17)11(9)12(6)22/h7-8,14H,4-5,18H2,1-3H3,(H2,19,24)/t7-,8?,14?,17-,21?/m1/s1. The first kappa shape index (κ1) is 18.3. The monoisotopic (exact) mass is 392 g/mol. The lowest BCUT2D eigenvalue weighted by Crippen LogP contribution is -2.56. The highest BCUT2D eigenvalue weighted by Gasteiger charge is 2.78. The zero-order chi connectivity index (χ0) is 20.5. The number of carbonyl (C=O) groups excluding carboxylic acids is 4. The van der Waals surface area contributed by atoms with Crippen LogP contribution in [0.5, 0.6) is 0 Å². The predicted molar refractivity (Wildman–Crippen MR) is 91.2 cm³/mol. The van der Waals surface area contributed by atoms with Gasteiger partial charge in [-0.05, 0) is 6.92 Å². The van der Waals surface area contributed by atoms with E-state index in [4.69, 9.17) is 25.7 Å². The number of ketones is 2. The highest BCUT2D eigenvalue weighted by atomic mass is 16.6. The van der Waals surface area contributed by atoms with E-state index in [-0.39, 0.29) is 47.5 Å². The van der Waals surface area contributed by atoms with Crippen molar-refractivity contribution in [2.75, 3.05) is 27.4 Å². The zero-order valence-corrected chi connectivity index (χ0v) is 15.6. The molecular weight excluding hydrogens is 372 g/mol. The van der Waals surface area contributed by atoms with Gasteiger partial charge in [0.25, 0.3) is 0 Å². The molecule has 11 heteroatoms. The van der Waals surface area contributed by atoms with Crippen molar-refractivity contribution in [3.8, 4) is 0 Å². The van der Waals surface area contributed by atoms with Crippen molar-refractivity contribution < 1.29 is 33.4 Å². The Morgan fingerprint density at radius 3 is 2.50 bits per heavy atom. The minimum atomic E-state index is -1.27. The second-order valence-corrected chi connectivity index (χ2v) is 7.10. The van der Waals surface area contributed by atoms with Crippen LogP contribution in [-0.2, 0) is 23.8 Å². The summed E-state index contributed by atoms with van der Waals surface area (Å²) in [5, 5.41) is 0. The van der Waals surface area contributed by atoms with Crippen molar-refractivity contribution >= 4 is 23.8 Å². The lowest BCUT2D eigenvalue weighted by Gasteiger charge is -2.40. The molecule has 28 heavy (non-hydrogen) atoms. The lowest BCUT2D eigenvalue weighted by atomic mass is 9.82. The highest BCUT2D eigenvalue weighted by Crippen LogP contribution is 2.59. The molecule has 3 heterocycles. The van der Waals surface area contributed by atoms with E-state index in [2.05, 4.69) is 0 Å². The number of carbonyl (C=O) groups is 4. The van der Waals surface area contributed by atoms with Crippen LogP contribution < -0.4 is 11.5 Å². The molecule has 0 aromatic carbocycles. The maximum atomic E-state index is 13.0. The van der Waals surface area contributed by atoms with E-state index in [0.717, 1.165) is 0 Å². The van der Waals surface area contributed by atoms with E-state index in [1.54, 1.807) is 4.90 Å². The van der Waals surface area contributed by atoms with Crippen molar-refractivity contribution in [1.82, 2.24) is 9.80 Å². The van der Waals surface area contributed by atoms with Crippen LogP contribution in [0.1, 0.15) is 6.92 Å². The van der Waals surface area contributed by atoms with Crippen molar-refractivity contribution in [3.05, 3.63) is 22.5 Å². The first-order valence-electron chi connectivity index (χ1n) is 8.63. The number of nitrogens with zero attached hydrogens (tertiary/aromatic N) is 2. The number of primary amides is 1. The SMILES string of the molecule is COC(=O)N1C2CN3C4=C(C(=O)C(N)=C(C)C4=O)[C@@H](COC(N)=O)[C@@]3(OC)C21. The average Bonchev–Trinajstić information content (AvgIpc) is 3.17. The molecule has 2 fully saturated rings. The molecule has 11 nitrogen and oxygen atoms in total. The third-order valence-electron chi connectivity index (χ3n) is 6.07. The summed E-state index contributed by atoms with van der Waals surface area (Å²) in [4.78, 5) is 52.4. The maximum absolute atomic E-state index is 13.0. The molecule has 3 aliphatic heterocycles. The third-order valence-corrected chi connectivity index (χ3v) is 6.07. The molecule has 2 saturated heterocycles. The first-order chi connectivity index (χ1) is 13.2. The van der Waals surface area contributed by atoms with Crippen molar-refractivity contribution in [3.63, 3.8) is 0 Å². The Kier molecular flexibility index (Phi) is 3.73. The van der Waals surface area contributed by atoms with Gasteiger partial charge < -0.3 is 30.6 Å². The molecule has 0 spiro atoms. The van der Waals surface area contributed by atoms with Crippen LogP contribution >= 0.6 is 0 Å². The number of hydrogen-bond donors (Lipinski definition) is 2. The fraction of sp³-hybridized carbons (Fsp3) is 0.529. The highest BCUT2D eigenvalue weighted by molar-refractivity contribution is 6.25. The Labute approximate surface area is 159 Å². The molecule has 2 amide bonds. The zero-order valence-electron chi connectivity index (χ0n) is 15.6. The fourth-order valence-electron chi connectivity index (χ4n) is 4.83. The molecule has 150 valence electrons. The van der Waals surface area contributed by atoms with Crippen molar-refractivity contribution in [2.45, 2.75) is 24.7 Å². The predicted octanol–water partition coefficient (Wildman–Crippen LogP) is -1.17. The van der Waals surface area contributed by atoms with Gasteiger partial charge in [-0.15, -0.1) is 0 Å². The summed E-state index contributed by atoms with van der Waals surface area (Å²) >= 11 is 0. The van der Waals surface area contributed by atoms with Crippen LogP contribution in [0.4, 0.5) is 9.59 Å². The number of allylic oxidation sites excluding steroid dienone is 2. The van der Waals surface area contributed by atoms with E-state index in [0.29, 0.717) is 0 Å². The van der Waals surface area contributed by atoms with Gasteiger partial charge in [-0.25, -0.2) is 9.59 Å². The van der Waals surface area contributed by atoms with Crippen LogP contribution in [0, 0.1) is 5.92 Å². The molecule has 0 bridgehead atoms. The van der Waals surface area contributed by atoms with Crippen LogP contribution in [0.15, 0.2) is 22.5 Å². The smallest absolute Gasteiger partial charge is 0.410 e. The van der Waals surface area contributed by atoms with Crippen LogP contribution in [0.3, 0.4) is 0 Å². The number of nitrogens with two attached hydrogens (primary N) is 2. The third kappa shape index (κ3) is 1.96. The second-order valence-electron chi connectivity index (χ2n) is 7.10. The van der Waals surface area contributed by atoms with Gasteiger partial charge in [-0.3, -0.25) is 14.5 Å². The molecule has 4 atom stereocenters. The van der Waals surface area contributed by atoms with Crippen LogP contribution in [0.2, 0.25) is 0 Å². The van der Waals surface area contributed by atoms with Gasteiger partial charge in [0.05, 0.1) is 30.5 Å². The normalized spacial score (nSPS) is 33.0. The van der Waals surface area contributed by atoms with E-state index >= 15 is 0 Å². The quantitative estimate of drug-likeness (QED) is 0.446. The van der Waals surface area contributed by atoms with Gasteiger partial charge in [0.2, 0.25) is 11.6 Å². The summed E-state index contributed by atoms with van der Waals surface area (Å²) in [5.41, 5.74) is 9.99. The summed E-state index contributed by atoms with van der Waals surface area (Å²) < 4.78 is 15.6. The van der Waals surface area contributed by atoms with Gasteiger partial charge in [0, 0.05) is 24.8 Å². The van der Waals surface area contributed by atoms with Gasteiger partial charge in [0.1, 0.15) is 12.6 Å². The first-order valence-corrected chi connectivity index (χ1v) is 8.63. The number of methoxy groups -OCH3 is 2. The Morgan fingerprint density at radius 2 is 1.93 bits per heavy atom. The Hall–Kier alpha value is -3.08. The minimum Gasteiger partial charge on any atom is -0.453 e.